The monoisotopic (exact) mass is 267 g/mol. The normalized spacial score (nSPS) is 13.7. The van der Waals surface area contributed by atoms with Gasteiger partial charge >= 0.3 is 0 Å². The van der Waals surface area contributed by atoms with Gasteiger partial charge in [-0.3, -0.25) is 14.5 Å². The largest absolute Gasteiger partial charge is 0.383 e. The van der Waals surface area contributed by atoms with E-state index >= 15 is 0 Å². The van der Waals surface area contributed by atoms with Crippen molar-refractivity contribution in [1.29, 1.82) is 0 Å². The Morgan fingerprint density at radius 1 is 1.00 bits per heavy atom. The van der Waals surface area contributed by atoms with Crippen molar-refractivity contribution in [2.24, 2.45) is 0 Å². The molecule has 0 bridgehead atoms. The molecule has 2 aromatic rings. The number of imide groups is 1. The van der Waals surface area contributed by atoms with Crippen LogP contribution < -0.4 is 5.73 Å². The maximum absolute atomic E-state index is 12.2. The fourth-order valence-electron chi connectivity index (χ4n) is 2.34. The summed E-state index contributed by atoms with van der Waals surface area (Å²) in [5.41, 5.74) is 7.53. The van der Waals surface area contributed by atoms with Gasteiger partial charge in [0.05, 0.1) is 11.1 Å². The molecule has 2 amide bonds. The SMILES string of the molecule is Nc1ncccc1CCN1C(=O)c2ccccc2C1=O. The molecule has 0 fully saturated rings. The number of aromatic nitrogens is 1. The van der Waals surface area contributed by atoms with E-state index in [0.29, 0.717) is 29.9 Å². The average molecular weight is 267 g/mol. The Labute approximate surface area is 116 Å². The average Bonchev–Trinajstić information content (AvgIpc) is 2.71. The minimum absolute atomic E-state index is 0.243. The van der Waals surface area contributed by atoms with Crippen molar-refractivity contribution < 1.29 is 9.59 Å². The third kappa shape index (κ3) is 1.93. The summed E-state index contributed by atoms with van der Waals surface area (Å²) in [5, 5.41) is 0. The molecule has 0 spiro atoms. The van der Waals surface area contributed by atoms with Gasteiger partial charge < -0.3 is 5.73 Å². The lowest BCUT2D eigenvalue weighted by atomic mass is 10.1. The van der Waals surface area contributed by atoms with Crippen LogP contribution in [-0.4, -0.2) is 28.2 Å². The van der Waals surface area contributed by atoms with E-state index in [-0.39, 0.29) is 11.8 Å². The number of benzene rings is 1. The van der Waals surface area contributed by atoms with Crippen molar-refractivity contribution in [1.82, 2.24) is 9.88 Å². The molecule has 2 heterocycles. The predicted octanol–water partition coefficient (Wildman–Crippen LogP) is 1.50. The molecular weight excluding hydrogens is 254 g/mol. The summed E-state index contributed by atoms with van der Waals surface area (Å²) < 4.78 is 0. The van der Waals surface area contributed by atoms with Crippen LogP contribution in [0.2, 0.25) is 0 Å². The smallest absolute Gasteiger partial charge is 0.261 e. The third-order valence-electron chi connectivity index (χ3n) is 3.41. The van der Waals surface area contributed by atoms with Gasteiger partial charge in [-0.1, -0.05) is 18.2 Å². The number of hydrogen-bond acceptors (Lipinski definition) is 4. The van der Waals surface area contributed by atoms with Crippen molar-refractivity contribution in [2.45, 2.75) is 6.42 Å². The number of nitrogens with two attached hydrogens (primary N) is 1. The molecule has 2 N–H and O–H groups in total. The van der Waals surface area contributed by atoms with Crippen LogP contribution >= 0.6 is 0 Å². The van der Waals surface area contributed by atoms with E-state index in [2.05, 4.69) is 4.98 Å². The lowest BCUT2D eigenvalue weighted by Gasteiger charge is -2.14. The molecule has 0 radical (unpaired) electrons. The Balaban J connectivity index is 1.79. The molecule has 0 atom stereocenters. The minimum atomic E-state index is -0.243. The van der Waals surface area contributed by atoms with Crippen LogP contribution in [0.3, 0.4) is 0 Å². The summed E-state index contributed by atoms with van der Waals surface area (Å²) in [6, 6.07) is 10.5. The van der Waals surface area contributed by atoms with E-state index in [0.717, 1.165) is 5.56 Å². The van der Waals surface area contributed by atoms with Gasteiger partial charge in [0.25, 0.3) is 11.8 Å². The minimum Gasteiger partial charge on any atom is -0.383 e. The molecular formula is C15H13N3O2. The Kier molecular flexibility index (Phi) is 2.95. The first kappa shape index (κ1) is 12.3. The number of amides is 2. The highest BCUT2D eigenvalue weighted by Gasteiger charge is 2.34. The van der Waals surface area contributed by atoms with Crippen molar-refractivity contribution >= 4 is 17.6 Å². The number of nitrogen functional groups attached to an aromatic ring is 1. The Morgan fingerprint density at radius 2 is 1.65 bits per heavy atom. The first-order valence-electron chi connectivity index (χ1n) is 6.33. The van der Waals surface area contributed by atoms with Gasteiger partial charge in [-0.15, -0.1) is 0 Å². The van der Waals surface area contributed by atoms with E-state index in [1.54, 1.807) is 36.5 Å². The van der Waals surface area contributed by atoms with Crippen LogP contribution in [0.4, 0.5) is 5.82 Å². The number of carbonyl (C=O) groups is 2. The van der Waals surface area contributed by atoms with Crippen molar-refractivity contribution in [3.05, 3.63) is 59.3 Å². The van der Waals surface area contributed by atoms with Crippen LogP contribution in [0.25, 0.3) is 0 Å². The fourth-order valence-corrected chi connectivity index (χ4v) is 2.34. The number of fused-ring (bicyclic) bond motifs is 1. The van der Waals surface area contributed by atoms with Gasteiger partial charge in [-0.25, -0.2) is 4.98 Å². The molecule has 0 saturated carbocycles. The van der Waals surface area contributed by atoms with E-state index in [1.165, 1.54) is 4.90 Å². The zero-order valence-electron chi connectivity index (χ0n) is 10.7. The molecule has 1 aromatic carbocycles. The molecule has 1 aromatic heterocycles. The fraction of sp³-hybridized carbons (Fsp3) is 0.133. The van der Waals surface area contributed by atoms with Crippen molar-refractivity contribution in [2.75, 3.05) is 12.3 Å². The third-order valence-corrected chi connectivity index (χ3v) is 3.41. The zero-order chi connectivity index (χ0) is 14.1. The lowest BCUT2D eigenvalue weighted by Crippen LogP contribution is -2.31. The number of carbonyl (C=O) groups excluding carboxylic acids is 2. The van der Waals surface area contributed by atoms with E-state index in [1.807, 2.05) is 6.07 Å². The van der Waals surface area contributed by atoms with Gasteiger partial charge in [-0.2, -0.15) is 0 Å². The topological polar surface area (TPSA) is 76.3 Å². The predicted molar refractivity (Wildman–Crippen MR) is 74.2 cm³/mol. The molecule has 20 heavy (non-hydrogen) atoms. The quantitative estimate of drug-likeness (QED) is 0.855. The maximum Gasteiger partial charge on any atom is 0.261 e. The number of pyridine rings is 1. The summed E-state index contributed by atoms with van der Waals surface area (Å²) in [6.45, 7) is 0.308. The molecule has 0 saturated heterocycles. The van der Waals surface area contributed by atoms with Gasteiger partial charge in [0.2, 0.25) is 0 Å². The first-order chi connectivity index (χ1) is 9.68. The van der Waals surface area contributed by atoms with E-state index in [4.69, 9.17) is 5.73 Å². The van der Waals surface area contributed by atoms with Gasteiger partial charge in [0.15, 0.2) is 0 Å². The summed E-state index contributed by atoms with van der Waals surface area (Å²) in [5.74, 6) is -0.0507. The second-order valence-corrected chi connectivity index (χ2v) is 4.61. The highest BCUT2D eigenvalue weighted by molar-refractivity contribution is 6.21. The number of hydrogen-bond donors (Lipinski definition) is 1. The molecule has 1 aliphatic rings. The number of anilines is 1. The Hall–Kier alpha value is -2.69. The molecule has 0 aliphatic carbocycles. The maximum atomic E-state index is 12.2. The van der Waals surface area contributed by atoms with E-state index < -0.39 is 0 Å². The highest BCUT2D eigenvalue weighted by Crippen LogP contribution is 2.22. The van der Waals surface area contributed by atoms with Crippen LogP contribution in [0.5, 0.6) is 0 Å². The van der Waals surface area contributed by atoms with Crippen LogP contribution in [0.15, 0.2) is 42.6 Å². The Morgan fingerprint density at radius 3 is 2.25 bits per heavy atom. The lowest BCUT2D eigenvalue weighted by molar-refractivity contribution is 0.0656. The second kappa shape index (κ2) is 4.77. The second-order valence-electron chi connectivity index (χ2n) is 4.61. The van der Waals surface area contributed by atoms with Crippen LogP contribution in [0.1, 0.15) is 26.3 Å². The first-order valence-corrected chi connectivity index (χ1v) is 6.33. The molecule has 3 rings (SSSR count). The van der Waals surface area contributed by atoms with Crippen molar-refractivity contribution in [3.63, 3.8) is 0 Å². The molecule has 5 nitrogen and oxygen atoms in total. The summed E-state index contributed by atoms with van der Waals surface area (Å²) in [7, 11) is 0. The molecule has 1 aliphatic heterocycles. The summed E-state index contributed by atoms with van der Waals surface area (Å²) >= 11 is 0. The van der Waals surface area contributed by atoms with Crippen LogP contribution in [0, 0.1) is 0 Å². The molecule has 100 valence electrons. The molecule has 5 heteroatoms. The van der Waals surface area contributed by atoms with Gasteiger partial charge in [-0.05, 0) is 30.2 Å². The number of nitrogens with zero attached hydrogens (tertiary/aromatic N) is 2. The van der Waals surface area contributed by atoms with Gasteiger partial charge in [0, 0.05) is 12.7 Å². The van der Waals surface area contributed by atoms with Gasteiger partial charge in [0.1, 0.15) is 5.82 Å². The van der Waals surface area contributed by atoms with Crippen molar-refractivity contribution in [3.8, 4) is 0 Å². The summed E-state index contributed by atoms with van der Waals surface area (Å²) in [6.07, 6.45) is 2.12. The van der Waals surface area contributed by atoms with E-state index in [9.17, 15) is 9.59 Å². The Bertz CT molecular complexity index is 662. The number of rotatable bonds is 3. The van der Waals surface area contributed by atoms with Crippen LogP contribution in [-0.2, 0) is 6.42 Å². The zero-order valence-corrected chi connectivity index (χ0v) is 10.7. The standard InChI is InChI=1S/C15H13N3O2/c16-13-10(4-3-8-17-13)7-9-18-14(19)11-5-1-2-6-12(11)15(18)20/h1-6,8H,7,9H2,(H2,16,17). The summed E-state index contributed by atoms with van der Waals surface area (Å²) in [4.78, 5) is 29.6. The molecule has 0 unspecified atom stereocenters. The highest BCUT2D eigenvalue weighted by atomic mass is 16.2.